The predicted octanol–water partition coefficient (Wildman–Crippen LogP) is -0.405. The van der Waals surface area contributed by atoms with Crippen molar-refractivity contribution in [1.29, 1.82) is 0 Å². The van der Waals surface area contributed by atoms with Crippen molar-refractivity contribution in [2.45, 2.75) is 79.3 Å². The number of nitrogens with one attached hydrogen (secondary N) is 2. The molecule has 6 aliphatic heterocycles. The third-order valence-corrected chi connectivity index (χ3v) is 23.7. The van der Waals surface area contributed by atoms with Crippen molar-refractivity contribution in [2.24, 2.45) is 5.73 Å². The summed E-state index contributed by atoms with van der Waals surface area (Å²) in [5, 5.41) is 17.2. The van der Waals surface area contributed by atoms with Gasteiger partial charge in [0.1, 0.15) is 48.8 Å². The van der Waals surface area contributed by atoms with E-state index in [9.17, 15) is 41.1 Å². The van der Waals surface area contributed by atoms with Gasteiger partial charge in [0.25, 0.3) is 0 Å². The van der Waals surface area contributed by atoms with E-state index in [0.717, 1.165) is 217 Å². The minimum absolute atomic E-state index is 0. The van der Waals surface area contributed by atoms with Crippen LogP contribution in [0.25, 0.3) is 45.0 Å². The Hall–Kier alpha value is -7.85. The molecule has 6 fully saturated rings. The van der Waals surface area contributed by atoms with E-state index in [1.165, 1.54) is 29.2 Å². The molecular formula is C88H123ClN20Na2O12S2. The number of amides is 1. The van der Waals surface area contributed by atoms with Gasteiger partial charge in [-0.2, -0.15) is 0 Å². The molecule has 8 aromatic rings. The first kappa shape index (κ1) is 106. The fourth-order valence-corrected chi connectivity index (χ4v) is 15.9. The van der Waals surface area contributed by atoms with E-state index in [0.29, 0.717) is 58.5 Å². The zero-order chi connectivity index (χ0) is 87.4. The maximum absolute atomic E-state index is 12.6. The average Bonchev–Trinajstić information content (AvgIpc) is 0.819. The zero-order valence-electron chi connectivity index (χ0n) is 74.4. The third-order valence-electron chi connectivity index (χ3n) is 21.6. The summed E-state index contributed by atoms with van der Waals surface area (Å²) in [5.74, 6) is 2.50. The number of halogens is 1. The Kier molecular flexibility index (Phi) is 46.7. The first-order chi connectivity index (χ1) is 58.7. The smallest absolute Gasteiger partial charge is 0.870 e. The van der Waals surface area contributed by atoms with Crippen molar-refractivity contribution in [3.8, 4) is 45.0 Å². The van der Waals surface area contributed by atoms with Crippen LogP contribution in [0.2, 0.25) is 0 Å². The molecule has 0 bridgehead atoms. The molecule has 125 heavy (non-hydrogen) atoms. The Morgan fingerprint density at radius 3 is 1.05 bits per heavy atom. The summed E-state index contributed by atoms with van der Waals surface area (Å²) in [6, 6.07) is 33.3. The summed E-state index contributed by atoms with van der Waals surface area (Å²) in [6.45, 7) is 31.6. The molecule has 10 heterocycles. The van der Waals surface area contributed by atoms with Crippen LogP contribution in [0.15, 0.2) is 147 Å². The number of esters is 2. The Bertz CT molecular complexity index is 4840. The number of carboxylic acid groups (broad SMARTS) is 1. The molecule has 0 spiro atoms. The number of piperazine rings is 4. The number of rotatable bonds is 24. The number of nitrogens with two attached hydrogens (primary N) is 1. The fourth-order valence-electron chi connectivity index (χ4n) is 14.6. The molecule has 0 atom stereocenters. The molecule has 6 saturated heterocycles. The minimum atomic E-state index is -2.94. The van der Waals surface area contributed by atoms with E-state index < -0.39 is 25.6 Å². The van der Waals surface area contributed by atoms with Crippen molar-refractivity contribution in [3.05, 3.63) is 169 Å². The number of aryl methyl sites for hydroxylation is 4. The maximum atomic E-state index is 12.6. The first-order valence-electron chi connectivity index (χ1n) is 42.0. The number of ether oxygens (including phenoxy) is 2. The Morgan fingerprint density at radius 1 is 0.440 bits per heavy atom. The van der Waals surface area contributed by atoms with Crippen molar-refractivity contribution in [1.82, 2.24) is 75.0 Å². The van der Waals surface area contributed by atoms with E-state index in [2.05, 4.69) is 145 Å². The molecule has 0 aliphatic carbocycles. The molecule has 5 N–H and O–H groups in total. The number of sulfone groups is 2. The molecule has 668 valence electrons. The molecule has 14 rings (SSSR count). The summed E-state index contributed by atoms with van der Waals surface area (Å²) in [4.78, 5) is 101. The van der Waals surface area contributed by atoms with Crippen LogP contribution >= 0.6 is 11.6 Å². The second kappa shape index (κ2) is 55.1. The molecule has 0 saturated carbocycles. The zero-order valence-corrected chi connectivity index (χ0v) is 80.8. The number of alkyl halides is 1. The van der Waals surface area contributed by atoms with Gasteiger partial charge in [0.05, 0.1) is 116 Å². The number of hydrogen-bond acceptors (Lipinski definition) is 31. The largest absolute Gasteiger partial charge is 1.00 e. The fraction of sp³-hybridized carbons (Fsp3) is 0.500. The summed E-state index contributed by atoms with van der Waals surface area (Å²) < 4.78 is 53.9. The molecule has 32 nitrogen and oxygen atoms in total. The molecule has 6 aliphatic rings. The van der Waals surface area contributed by atoms with Crippen LogP contribution in [0.1, 0.15) is 61.8 Å². The number of likely N-dealkylation sites (tertiary alicyclic amines) is 2. The second-order valence-corrected chi connectivity index (χ2v) is 35.9. The van der Waals surface area contributed by atoms with Crippen molar-refractivity contribution in [3.63, 3.8) is 0 Å². The molecule has 37 heteroatoms. The summed E-state index contributed by atoms with van der Waals surface area (Å²) in [6.07, 6.45) is 20.7. The number of aliphatic carboxylic acids is 1. The normalized spacial score (nSPS) is 16.2. The number of hydrogen-bond donors (Lipinski definition) is 3. The standard InChI is InChI=1S/C25H36N6O3S.C19H24N4O2.C17H20N4O2.C15H18N4.C8H18N2O2S.C4H7ClO2.2Na.H2O/c1-20-5-3-4-6-22(20)23-17-26-18-24(28-23)31-13-11-30(12-14-31)19-25(32)27-21-7-9-29(10-8-21)15-16-35(2,33)34;1-3-25-19(24)14-22-8-10-23(11-9-22)18-13-20-12-17(21-18)16-7-5-4-6-15(16)2;1-13-4-2-3-5-14(13)15-10-18-11-16(19-15)21-8-6-20(7-9-21)12-17(22)23;1-12-4-2-3-5-13(12)14-10-17-11-15(18-14)19-8-6-16-7-9-19;1-13(11,12)7-6-10-4-2-8(9)3-5-10;1-2-7-4(6)3-5;;;/h3-6,17-18,21H,7-16,19H2,1-2H3,(H,27,32);4-7,12-13H,3,8-11,14H2,1-2H3;2-5,10-11H,6-9,12H2,1H3,(H,22,23);2-5,10-11,16H,6-9H2,1H3;8H,2-7,9H2,1H3;2-3H2,1H3;;;1H2/q;;;;;;2*+1;/p-2. The molecule has 4 aromatic heterocycles. The quantitative estimate of drug-likeness (QED) is 0.0393. The van der Waals surface area contributed by atoms with Crippen LogP contribution in [0.3, 0.4) is 0 Å². The molecule has 4 aromatic carbocycles. The number of carbonyl (C=O) groups is 4. The predicted molar refractivity (Wildman–Crippen MR) is 481 cm³/mol. The van der Waals surface area contributed by atoms with Gasteiger partial charge >= 0.3 is 71.1 Å². The van der Waals surface area contributed by atoms with Gasteiger partial charge in [-0.3, -0.25) is 49.0 Å². The Morgan fingerprint density at radius 2 is 0.744 bits per heavy atom. The molecule has 0 radical (unpaired) electrons. The summed E-state index contributed by atoms with van der Waals surface area (Å²) in [5.41, 5.74) is 18.5. The number of benzene rings is 4. The topological polar surface area (TPSA) is 390 Å². The van der Waals surface area contributed by atoms with Crippen LogP contribution in [-0.2, 0) is 48.3 Å². The van der Waals surface area contributed by atoms with E-state index in [1.54, 1.807) is 19.3 Å². The van der Waals surface area contributed by atoms with E-state index in [1.807, 2.05) is 104 Å². The Balaban J connectivity index is 0.000000242. The van der Waals surface area contributed by atoms with Crippen LogP contribution in [0.4, 0.5) is 23.3 Å². The summed E-state index contributed by atoms with van der Waals surface area (Å²) >= 11 is 5.06. The van der Waals surface area contributed by atoms with E-state index in [-0.39, 0.29) is 112 Å². The minimum Gasteiger partial charge on any atom is -0.870 e. The number of nitrogens with zero attached hydrogens (tertiary/aromatic N) is 17. The van der Waals surface area contributed by atoms with Crippen LogP contribution in [0.5, 0.6) is 0 Å². The molecule has 1 amide bonds. The van der Waals surface area contributed by atoms with E-state index in [4.69, 9.17) is 42.0 Å². The van der Waals surface area contributed by atoms with E-state index >= 15 is 0 Å². The second-order valence-electron chi connectivity index (χ2n) is 31.1. The number of aromatic nitrogens is 8. The van der Waals surface area contributed by atoms with Gasteiger partial charge in [-0.1, -0.05) is 97.1 Å². The number of carbonyl (C=O) groups excluding carboxylic acids is 4. The van der Waals surface area contributed by atoms with Crippen LogP contribution in [-0.4, -0.2) is 329 Å². The van der Waals surface area contributed by atoms with Crippen molar-refractivity contribution in [2.75, 3.05) is 226 Å². The van der Waals surface area contributed by atoms with Gasteiger partial charge in [-0.15, -0.1) is 11.6 Å². The van der Waals surface area contributed by atoms with Gasteiger partial charge in [0, 0.05) is 184 Å². The number of anilines is 4. The third kappa shape index (κ3) is 37.0. The van der Waals surface area contributed by atoms with Gasteiger partial charge < -0.3 is 70.6 Å². The molecule has 0 unspecified atom stereocenters. The SMILES string of the molecule is CCOC(=O)CCl.CCOC(=O)CN1CCN(c2cncc(-c3ccccc3C)n2)CC1.CS(=O)(=O)CCN1CCC(N)CC1.Cc1ccccc1-c1cncc(N2CCN(CC(=O)NC3CCN(CCS(C)(=O)=O)CC3)CC2)n1.Cc1ccccc1-c1cncc(N2CCN(CC(=O)[O-])CC2)n1.Cc1ccccc1-c1cncc(N2CCNCC2)n1.[Na+].[Na+].[OH-]. The maximum Gasteiger partial charge on any atom is 1.00 e. The monoisotopic (exact) mass is 1800 g/mol. The Labute approximate surface area is 787 Å². The average molecular weight is 1800 g/mol. The first-order valence-corrected chi connectivity index (χ1v) is 46.7. The van der Waals surface area contributed by atoms with Gasteiger partial charge in [0.15, 0.2) is 0 Å². The van der Waals surface area contributed by atoms with Crippen LogP contribution < -0.4 is 100 Å². The molecular weight excluding hydrogens is 1670 g/mol. The summed E-state index contributed by atoms with van der Waals surface area (Å²) in [7, 11) is -5.75. The number of piperidine rings is 2. The van der Waals surface area contributed by atoms with Gasteiger partial charge in [0.2, 0.25) is 5.91 Å². The van der Waals surface area contributed by atoms with Crippen LogP contribution in [0, 0.1) is 27.7 Å². The van der Waals surface area contributed by atoms with Crippen molar-refractivity contribution < 1.29 is 115 Å². The van der Waals surface area contributed by atoms with Crippen molar-refractivity contribution >= 4 is 78.4 Å². The number of carboxylic acids is 1. The van der Waals surface area contributed by atoms with Gasteiger partial charge in [-0.05, 0) is 103 Å². The van der Waals surface area contributed by atoms with Gasteiger partial charge in [-0.25, -0.2) is 36.8 Å².